The topological polar surface area (TPSA) is 79.0 Å². The van der Waals surface area contributed by atoms with Gasteiger partial charge in [0.1, 0.15) is 15.6 Å². The van der Waals surface area contributed by atoms with Crippen molar-refractivity contribution in [1.29, 1.82) is 0 Å². The van der Waals surface area contributed by atoms with E-state index in [1.165, 1.54) is 6.26 Å². The highest BCUT2D eigenvalue weighted by Crippen LogP contribution is 2.22. The summed E-state index contributed by atoms with van der Waals surface area (Å²) < 4.78 is 31.7. The molecule has 0 bridgehead atoms. The zero-order valence-electron chi connectivity index (χ0n) is 13.5. The quantitative estimate of drug-likeness (QED) is 0.680. The van der Waals surface area contributed by atoms with Crippen LogP contribution >= 0.6 is 0 Å². The molecule has 0 aliphatic heterocycles. The molecule has 24 heavy (non-hydrogen) atoms. The zero-order chi connectivity index (χ0) is 17.2. The number of sulfone groups is 1. The Morgan fingerprint density at radius 1 is 1.04 bits per heavy atom. The van der Waals surface area contributed by atoms with Gasteiger partial charge in [0, 0.05) is 43.3 Å². The van der Waals surface area contributed by atoms with Crippen molar-refractivity contribution in [2.24, 2.45) is 0 Å². The summed E-state index contributed by atoms with van der Waals surface area (Å²) in [6.45, 7) is 0.337. The van der Waals surface area contributed by atoms with Crippen molar-refractivity contribution in [3.63, 3.8) is 0 Å². The molecule has 8 heteroatoms. The molecule has 0 saturated heterocycles. The minimum atomic E-state index is -3.05. The van der Waals surface area contributed by atoms with Crippen molar-refractivity contribution < 1.29 is 13.2 Å². The van der Waals surface area contributed by atoms with E-state index in [1.807, 2.05) is 35.0 Å². The molecule has 0 aliphatic carbocycles. The monoisotopic (exact) mass is 346 g/mol. The third-order valence-corrected chi connectivity index (χ3v) is 4.53. The summed E-state index contributed by atoms with van der Waals surface area (Å²) >= 11 is 0. The lowest BCUT2D eigenvalue weighted by Gasteiger charge is -2.10. The van der Waals surface area contributed by atoms with Gasteiger partial charge >= 0.3 is 0 Å². The SMILES string of the molecule is COc1ccc(-n2ccnc2-c2nccn2CCS(C)(=O)=O)cc1. The van der Waals surface area contributed by atoms with E-state index < -0.39 is 9.84 Å². The average molecular weight is 346 g/mol. The van der Waals surface area contributed by atoms with Crippen molar-refractivity contribution in [1.82, 2.24) is 19.1 Å². The molecular weight excluding hydrogens is 328 g/mol. The maximum absolute atomic E-state index is 11.4. The predicted molar refractivity (Wildman–Crippen MR) is 91.0 cm³/mol. The number of hydrogen-bond acceptors (Lipinski definition) is 5. The van der Waals surface area contributed by atoms with E-state index in [2.05, 4.69) is 9.97 Å². The van der Waals surface area contributed by atoms with Crippen LogP contribution in [-0.2, 0) is 16.4 Å². The van der Waals surface area contributed by atoms with Gasteiger partial charge in [0.05, 0.1) is 12.9 Å². The summed E-state index contributed by atoms with van der Waals surface area (Å²) in [5.74, 6) is 2.10. The standard InChI is InChI=1S/C16H18N4O3S/c1-23-14-5-3-13(4-6-14)20-10-8-18-16(20)15-17-7-9-19(15)11-12-24(2,21)22/h3-10H,11-12H2,1-2H3. The number of benzene rings is 1. The van der Waals surface area contributed by atoms with Gasteiger partial charge < -0.3 is 9.30 Å². The molecule has 0 spiro atoms. The van der Waals surface area contributed by atoms with E-state index in [-0.39, 0.29) is 5.75 Å². The Morgan fingerprint density at radius 3 is 2.38 bits per heavy atom. The lowest BCUT2D eigenvalue weighted by Crippen LogP contribution is -2.12. The normalized spacial score (nSPS) is 11.6. The summed E-state index contributed by atoms with van der Waals surface area (Å²) in [6, 6.07) is 7.59. The second-order valence-electron chi connectivity index (χ2n) is 5.39. The molecule has 7 nitrogen and oxygen atoms in total. The summed E-state index contributed by atoms with van der Waals surface area (Å²) in [5, 5.41) is 0. The van der Waals surface area contributed by atoms with Crippen molar-refractivity contribution in [2.45, 2.75) is 6.54 Å². The smallest absolute Gasteiger partial charge is 0.181 e. The fourth-order valence-corrected chi connectivity index (χ4v) is 2.91. The number of hydrogen-bond donors (Lipinski definition) is 0. The van der Waals surface area contributed by atoms with Gasteiger partial charge in [0.15, 0.2) is 11.6 Å². The minimum Gasteiger partial charge on any atom is -0.497 e. The largest absolute Gasteiger partial charge is 0.497 e. The number of imidazole rings is 2. The first-order valence-electron chi connectivity index (χ1n) is 7.35. The van der Waals surface area contributed by atoms with Gasteiger partial charge in [-0.25, -0.2) is 18.4 Å². The Labute approximate surface area is 140 Å². The molecule has 0 unspecified atom stereocenters. The first kappa shape index (κ1) is 16.3. The molecule has 0 fully saturated rings. The lowest BCUT2D eigenvalue weighted by atomic mass is 10.3. The van der Waals surface area contributed by atoms with Crippen molar-refractivity contribution in [3.8, 4) is 23.1 Å². The molecule has 2 aromatic heterocycles. The average Bonchev–Trinajstić information content (AvgIpc) is 3.20. The van der Waals surface area contributed by atoms with Crippen LogP contribution in [0.25, 0.3) is 17.3 Å². The number of ether oxygens (including phenoxy) is 1. The Balaban J connectivity index is 1.94. The van der Waals surface area contributed by atoms with Gasteiger partial charge in [-0.3, -0.25) is 4.57 Å². The second-order valence-corrected chi connectivity index (χ2v) is 7.65. The van der Waals surface area contributed by atoms with Gasteiger partial charge in [-0.15, -0.1) is 0 Å². The molecule has 126 valence electrons. The fraction of sp³-hybridized carbons (Fsp3) is 0.250. The van der Waals surface area contributed by atoms with E-state index in [0.717, 1.165) is 11.4 Å². The first-order chi connectivity index (χ1) is 11.5. The summed E-state index contributed by atoms with van der Waals surface area (Å²) in [4.78, 5) is 8.72. The molecule has 0 aliphatic rings. The molecular formula is C16H18N4O3S. The van der Waals surface area contributed by atoms with E-state index in [9.17, 15) is 8.42 Å². The van der Waals surface area contributed by atoms with Crippen LogP contribution in [0.3, 0.4) is 0 Å². The van der Waals surface area contributed by atoms with Gasteiger partial charge in [0.2, 0.25) is 0 Å². The molecule has 2 heterocycles. The Kier molecular flexibility index (Phi) is 4.39. The van der Waals surface area contributed by atoms with Gasteiger partial charge in [-0.2, -0.15) is 0 Å². The van der Waals surface area contributed by atoms with Crippen LogP contribution in [0.2, 0.25) is 0 Å². The molecule has 0 atom stereocenters. The summed E-state index contributed by atoms with van der Waals surface area (Å²) in [7, 11) is -1.42. The summed E-state index contributed by atoms with van der Waals surface area (Å²) in [6.07, 6.45) is 8.15. The highest BCUT2D eigenvalue weighted by Gasteiger charge is 2.14. The predicted octanol–water partition coefficient (Wildman–Crippen LogP) is 1.79. The Bertz CT molecular complexity index is 926. The van der Waals surface area contributed by atoms with Crippen molar-refractivity contribution in [3.05, 3.63) is 49.1 Å². The molecule has 0 saturated carbocycles. The van der Waals surface area contributed by atoms with Gasteiger partial charge in [0.25, 0.3) is 0 Å². The summed E-state index contributed by atoms with van der Waals surface area (Å²) in [5.41, 5.74) is 0.918. The third kappa shape index (κ3) is 3.48. The number of aromatic nitrogens is 4. The van der Waals surface area contributed by atoms with Crippen LogP contribution in [0.5, 0.6) is 5.75 Å². The van der Waals surface area contributed by atoms with E-state index in [4.69, 9.17) is 4.74 Å². The van der Waals surface area contributed by atoms with Crippen LogP contribution in [-0.4, -0.2) is 46.6 Å². The molecule has 0 amide bonds. The highest BCUT2D eigenvalue weighted by molar-refractivity contribution is 7.90. The second kappa shape index (κ2) is 6.48. The van der Waals surface area contributed by atoms with Crippen molar-refractivity contribution in [2.75, 3.05) is 19.1 Å². The Hall–Kier alpha value is -2.61. The van der Waals surface area contributed by atoms with E-state index in [0.29, 0.717) is 18.2 Å². The zero-order valence-corrected chi connectivity index (χ0v) is 14.3. The molecule has 1 aromatic carbocycles. The molecule has 0 radical (unpaired) electrons. The van der Waals surface area contributed by atoms with E-state index in [1.54, 1.807) is 30.3 Å². The molecule has 3 aromatic rings. The maximum Gasteiger partial charge on any atom is 0.181 e. The van der Waals surface area contributed by atoms with Crippen LogP contribution in [0, 0.1) is 0 Å². The van der Waals surface area contributed by atoms with Gasteiger partial charge in [-0.05, 0) is 24.3 Å². The molecule has 0 N–H and O–H groups in total. The Morgan fingerprint density at radius 2 is 1.71 bits per heavy atom. The maximum atomic E-state index is 11.4. The number of aryl methyl sites for hydroxylation is 1. The minimum absolute atomic E-state index is 0.0552. The number of nitrogens with zero attached hydrogens (tertiary/aromatic N) is 4. The first-order valence-corrected chi connectivity index (χ1v) is 9.41. The van der Waals surface area contributed by atoms with E-state index >= 15 is 0 Å². The number of rotatable bonds is 6. The molecule has 3 rings (SSSR count). The lowest BCUT2D eigenvalue weighted by molar-refractivity contribution is 0.415. The highest BCUT2D eigenvalue weighted by atomic mass is 32.2. The van der Waals surface area contributed by atoms with Crippen LogP contribution < -0.4 is 4.74 Å². The third-order valence-electron chi connectivity index (χ3n) is 3.61. The van der Waals surface area contributed by atoms with Gasteiger partial charge in [-0.1, -0.05) is 0 Å². The van der Waals surface area contributed by atoms with Crippen LogP contribution in [0.1, 0.15) is 0 Å². The number of methoxy groups -OCH3 is 1. The van der Waals surface area contributed by atoms with Crippen molar-refractivity contribution >= 4 is 9.84 Å². The van der Waals surface area contributed by atoms with Crippen LogP contribution in [0.15, 0.2) is 49.1 Å². The van der Waals surface area contributed by atoms with Crippen LogP contribution in [0.4, 0.5) is 0 Å². The fourth-order valence-electron chi connectivity index (χ4n) is 2.38.